The Hall–Kier alpha value is -3.87. The van der Waals surface area contributed by atoms with Crippen LogP contribution in [0.3, 0.4) is 0 Å². The number of aromatic carboxylic acids is 1. The number of rotatable bonds is 6. The number of hydrogen-bond donors (Lipinski definition) is 4. The summed E-state index contributed by atoms with van der Waals surface area (Å²) in [4.78, 5) is 42.3. The van der Waals surface area contributed by atoms with Gasteiger partial charge >= 0.3 is 11.7 Å². The average Bonchev–Trinajstić information content (AvgIpc) is 2.66. The lowest BCUT2D eigenvalue weighted by Gasteiger charge is -2.14. The average molecular weight is 422 g/mol. The molecule has 0 saturated heterocycles. The Morgan fingerprint density at radius 1 is 1.10 bits per heavy atom. The molecule has 13 heteroatoms. The smallest absolute Gasteiger partial charge is 0.337 e. The molecule has 1 aromatic carbocycles. The highest BCUT2D eigenvalue weighted by Gasteiger charge is 2.22. The van der Waals surface area contributed by atoms with Crippen LogP contribution < -0.4 is 25.4 Å². The Balaban J connectivity index is 2.12. The van der Waals surface area contributed by atoms with Crippen molar-refractivity contribution in [3.05, 3.63) is 50.8 Å². The van der Waals surface area contributed by atoms with Crippen LogP contribution in [0.15, 0.2) is 38.9 Å². The minimum atomic E-state index is -4.35. The van der Waals surface area contributed by atoms with E-state index in [1.54, 1.807) is 0 Å². The molecule has 29 heavy (non-hydrogen) atoms. The molecule has 2 aromatic heterocycles. The molecule has 0 unspecified atom stereocenters. The van der Waals surface area contributed by atoms with Crippen LogP contribution in [0.5, 0.6) is 11.5 Å². The number of ether oxygens (including phenoxy) is 2. The number of carbonyl (C=O) groups is 1. The fraction of sp³-hybridized carbons (Fsp3) is 0.125. The minimum Gasteiger partial charge on any atom is -0.493 e. The molecule has 2 heterocycles. The third-order valence-corrected chi connectivity index (χ3v) is 5.21. The zero-order valence-corrected chi connectivity index (χ0v) is 15.8. The fourth-order valence-corrected chi connectivity index (χ4v) is 3.56. The zero-order valence-electron chi connectivity index (χ0n) is 15.0. The highest BCUT2D eigenvalue weighted by atomic mass is 32.2. The number of H-pyrrole nitrogens is 2. The number of nitrogens with one attached hydrogen (secondary N) is 3. The van der Waals surface area contributed by atoms with Gasteiger partial charge < -0.3 is 14.6 Å². The van der Waals surface area contributed by atoms with Gasteiger partial charge in [-0.1, -0.05) is 0 Å². The van der Waals surface area contributed by atoms with Crippen LogP contribution in [0.1, 0.15) is 10.4 Å². The van der Waals surface area contributed by atoms with Gasteiger partial charge in [-0.05, 0) is 6.07 Å². The van der Waals surface area contributed by atoms with Gasteiger partial charge in [0.1, 0.15) is 10.5 Å². The van der Waals surface area contributed by atoms with Crippen LogP contribution in [0.25, 0.3) is 11.0 Å². The maximum atomic E-state index is 12.8. The van der Waals surface area contributed by atoms with Gasteiger partial charge in [-0.25, -0.2) is 23.0 Å². The molecule has 152 valence electrons. The van der Waals surface area contributed by atoms with E-state index in [-0.39, 0.29) is 33.8 Å². The Bertz CT molecular complexity index is 1340. The van der Waals surface area contributed by atoms with Gasteiger partial charge in [-0.3, -0.25) is 19.5 Å². The summed E-state index contributed by atoms with van der Waals surface area (Å²) in [6.07, 6.45) is 0.918. The van der Waals surface area contributed by atoms with Crippen LogP contribution in [-0.4, -0.2) is 48.7 Å². The third kappa shape index (κ3) is 3.75. The van der Waals surface area contributed by atoms with Crippen LogP contribution in [0.2, 0.25) is 0 Å². The number of benzene rings is 1. The number of aromatic amines is 2. The van der Waals surface area contributed by atoms with E-state index in [0.29, 0.717) is 0 Å². The number of nitrogens with zero attached hydrogens (tertiary/aromatic N) is 1. The summed E-state index contributed by atoms with van der Waals surface area (Å²) in [6, 6.07) is 3.26. The van der Waals surface area contributed by atoms with Crippen LogP contribution in [-0.2, 0) is 10.0 Å². The Labute approximate surface area is 162 Å². The van der Waals surface area contributed by atoms with Crippen molar-refractivity contribution >= 4 is 32.7 Å². The lowest BCUT2D eigenvalue weighted by molar-refractivity contribution is 0.0697. The first kappa shape index (κ1) is 19.9. The van der Waals surface area contributed by atoms with E-state index in [9.17, 15) is 27.9 Å². The standard InChI is InChI=1S/C16H14N4O8S/c1-27-11-4-8(15(22)23)10(5-12(11)28-2)20-29(25,26)7-3-9-13(17-6-7)18-16(24)19-14(9)21/h3-6,20H,1-2H3,(H,22,23)(H2,17,18,19,21,24). The molecule has 0 saturated carbocycles. The summed E-state index contributed by atoms with van der Waals surface area (Å²) < 4.78 is 37.7. The van der Waals surface area contributed by atoms with E-state index in [2.05, 4.69) is 14.7 Å². The molecule has 0 aliphatic heterocycles. The second-order valence-corrected chi connectivity index (χ2v) is 7.32. The largest absolute Gasteiger partial charge is 0.493 e. The van der Waals surface area contributed by atoms with Crippen LogP contribution in [0, 0.1) is 0 Å². The Morgan fingerprint density at radius 3 is 2.38 bits per heavy atom. The molecule has 0 fully saturated rings. The van der Waals surface area contributed by atoms with E-state index in [0.717, 1.165) is 24.4 Å². The minimum absolute atomic E-state index is 0.0932. The second-order valence-electron chi connectivity index (χ2n) is 5.64. The molecule has 4 N–H and O–H groups in total. The number of sulfonamides is 1. The van der Waals surface area contributed by atoms with Crippen molar-refractivity contribution in [3.8, 4) is 11.5 Å². The number of anilines is 1. The molecular formula is C16H14N4O8S. The van der Waals surface area contributed by atoms with Gasteiger partial charge in [0, 0.05) is 18.3 Å². The molecule has 3 aromatic rings. The van der Waals surface area contributed by atoms with Crippen molar-refractivity contribution in [2.75, 3.05) is 18.9 Å². The number of hydrogen-bond acceptors (Lipinski definition) is 8. The number of pyridine rings is 1. The van der Waals surface area contributed by atoms with Gasteiger partial charge in [-0.2, -0.15) is 0 Å². The molecule has 0 bridgehead atoms. The van der Waals surface area contributed by atoms with Gasteiger partial charge in [0.25, 0.3) is 15.6 Å². The predicted molar refractivity (Wildman–Crippen MR) is 100 cm³/mol. The first-order chi connectivity index (χ1) is 13.7. The van der Waals surface area contributed by atoms with E-state index in [4.69, 9.17) is 9.47 Å². The van der Waals surface area contributed by atoms with Crippen molar-refractivity contribution < 1.29 is 27.8 Å². The molecule has 0 aliphatic carbocycles. The number of carboxylic acids is 1. The molecule has 0 radical (unpaired) electrons. The van der Waals surface area contributed by atoms with Crippen molar-refractivity contribution in [2.45, 2.75) is 4.90 Å². The fourth-order valence-electron chi connectivity index (χ4n) is 2.52. The van der Waals surface area contributed by atoms with Crippen molar-refractivity contribution in [2.24, 2.45) is 0 Å². The topological polar surface area (TPSA) is 181 Å². The van der Waals surface area contributed by atoms with E-state index in [1.165, 1.54) is 14.2 Å². The van der Waals surface area contributed by atoms with E-state index in [1.807, 2.05) is 4.98 Å². The highest BCUT2D eigenvalue weighted by Crippen LogP contribution is 2.34. The SMILES string of the molecule is COc1cc(NS(=O)(=O)c2cnc3[nH]c(=O)[nH]c(=O)c3c2)c(C(=O)O)cc1OC. The summed E-state index contributed by atoms with van der Waals surface area (Å²) >= 11 is 0. The number of aromatic nitrogens is 3. The molecule has 0 atom stereocenters. The number of fused-ring (bicyclic) bond motifs is 1. The zero-order chi connectivity index (χ0) is 21.3. The summed E-state index contributed by atoms with van der Waals surface area (Å²) in [5, 5.41) is 9.23. The van der Waals surface area contributed by atoms with E-state index < -0.39 is 32.1 Å². The van der Waals surface area contributed by atoms with Gasteiger partial charge in [0.05, 0.1) is 30.9 Å². The molecule has 12 nitrogen and oxygen atoms in total. The second kappa shape index (κ2) is 7.27. The normalized spacial score (nSPS) is 11.2. The third-order valence-electron chi connectivity index (χ3n) is 3.87. The number of methoxy groups -OCH3 is 2. The first-order valence-corrected chi connectivity index (χ1v) is 9.29. The van der Waals surface area contributed by atoms with E-state index >= 15 is 0 Å². The monoisotopic (exact) mass is 422 g/mol. The van der Waals surface area contributed by atoms with Crippen LogP contribution >= 0.6 is 0 Å². The van der Waals surface area contributed by atoms with Crippen molar-refractivity contribution in [1.82, 2.24) is 15.0 Å². The quantitative estimate of drug-likeness (QED) is 0.429. The maximum absolute atomic E-state index is 12.8. The Kier molecular flexibility index (Phi) is 4.99. The highest BCUT2D eigenvalue weighted by molar-refractivity contribution is 7.92. The first-order valence-electron chi connectivity index (χ1n) is 7.80. The molecule has 3 rings (SSSR count). The Morgan fingerprint density at radius 2 is 1.76 bits per heavy atom. The maximum Gasteiger partial charge on any atom is 0.337 e. The van der Waals surface area contributed by atoms with Gasteiger partial charge in [0.15, 0.2) is 11.5 Å². The lowest BCUT2D eigenvalue weighted by Crippen LogP contribution is -2.23. The summed E-state index contributed by atoms with van der Waals surface area (Å²) in [7, 11) is -1.75. The van der Waals surface area contributed by atoms with Crippen molar-refractivity contribution in [1.29, 1.82) is 0 Å². The number of carboxylic acid groups (broad SMARTS) is 1. The molecular weight excluding hydrogens is 408 g/mol. The van der Waals surface area contributed by atoms with Crippen molar-refractivity contribution in [3.63, 3.8) is 0 Å². The van der Waals surface area contributed by atoms with Gasteiger partial charge in [-0.15, -0.1) is 0 Å². The molecule has 0 amide bonds. The predicted octanol–water partition coefficient (Wildman–Crippen LogP) is 0.128. The summed E-state index contributed by atoms with van der Waals surface area (Å²) in [6.45, 7) is 0. The molecule has 0 spiro atoms. The lowest BCUT2D eigenvalue weighted by atomic mass is 10.1. The van der Waals surface area contributed by atoms with Gasteiger partial charge in [0.2, 0.25) is 0 Å². The summed E-state index contributed by atoms with van der Waals surface area (Å²) in [5.74, 6) is -1.22. The summed E-state index contributed by atoms with van der Waals surface area (Å²) in [5.41, 5.74) is -2.39. The molecule has 0 aliphatic rings. The van der Waals surface area contributed by atoms with Crippen LogP contribution in [0.4, 0.5) is 5.69 Å².